The fraction of sp³-hybridized carbons (Fsp3) is 0.417. The average molecular weight is 371 g/mol. The van der Waals surface area contributed by atoms with Crippen molar-refractivity contribution in [3.8, 4) is 0 Å². The number of hydrogen-bond donors (Lipinski definition) is 2. The fourth-order valence-electron chi connectivity index (χ4n) is 1.59. The number of thioether (sulfide) groups is 1. The van der Waals surface area contributed by atoms with Crippen LogP contribution in [0, 0.1) is 0 Å². The van der Waals surface area contributed by atoms with Gasteiger partial charge in [-0.25, -0.2) is 8.42 Å². The normalized spacial score (nSPS) is 13.0. The number of rotatable bonds is 7. The van der Waals surface area contributed by atoms with E-state index in [4.69, 9.17) is 23.2 Å². The third-order valence-electron chi connectivity index (χ3n) is 2.65. The first-order valence-electron chi connectivity index (χ1n) is 5.99. The van der Waals surface area contributed by atoms with Crippen LogP contribution in [0.15, 0.2) is 23.1 Å². The van der Waals surface area contributed by atoms with E-state index < -0.39 is 22.0 Å². The summed E-state index contributed by atoms with van der Waals surface area (Å²) in [7, 11) is -2.48. The average Bonchev–Trinajstić information content (AvgIpc) is 2.44. The second-order valence-electron chi connectivity index (χ2n) is 4.14. The molecule has 0 bridgehead atoms. The highest BCUT2D eigenvalue weighted by atomic mass is 35.5. The minimum Gasteiger partial charge on any atom is -0.358 e. The summed E-state index contributed by atoms with van der Waals surface area (Å²) in [6, 6.07) is 3.28. The second-order valence-corrected chi connectivity index (χ2v) is 7.66. The Morgan fingerprint density at radius 1 is 1.38 bits per heavy atom. The van der Waals surface area contributed by atoms with Gasteiger partial charge in [0.2, 0.25) is 15.9 Å². The van der Waals surface area contributed by atoms with Gasteiger partial charge in [-0.3, -0.25) is 4.79 Å². The predicted octanol–water partition coefficient (Wildman–Crippen LogP) is 2.14. The van der Waals surface area contributed by atoms with Crippen LogP contribution in [0.5, 0.6) is 0 Å². The molecule has 1 aromatic rings. The summed E-state index contributed by atoms with van der Waals surface area (Å²) >= 11 is 13.2. The molecule has 1 atom stereocenters. The molecule has 0 aromatic heterocycles. The predicted molar refractivity (Wildman–Crippen MR) is 87.6 cm³/mol. The van der Waals surface area contributed by atoms with Crippen molar-refractivity contribution < 1.29 is 13.2 Å². The number of sulfonamides is 1. The summed E-state index contributed by atoms with van der Waals surface area (Å²) in [5, 5.41) is 2.74. The van der Waals surface area contributed by atoms with Crippen molar-refractivity contribution in [1.29, 1.82) is 0 Å². The van der Waals surface area contributed by atoms with Crippen LogP contribution in [0.3, 0.4) is 0 Å². The van der Waals surface area contributed by atoms with E-state index in [2.05, 4.69) is 10.0 Å². The van der Waals surface area contributed by atoms with E-state index in [1.165, 1.54) is 37.0 Å². The van der Waals surface area contributed by atoms with Gasteiger partial charge in [-0.1, -0.05) is 23.2 Å². The number of carbonyl (C=O) groups excluding carboxylic acids is 1. The van der Waals surface area contributed by atoms with Gasteiger partial charge >= 0.3 is 0 Å². The highest BCUT2D eigenvalue weighted by Gasteiger charge is 2.26. The first-order valence-corrected chi connectivity index (χ1v) is 9.63. The van der Waals surface area contributed by atoms with E-state index in [9.17, 15) is 13.2 Å². The molecule has 0 spiro atoms. The van der Waals surface area contributed by atoms with Gasteiger partial charge in [0.1, 0.15) is 10.9 Å². The first kappa shape index (κ1) is 18.6. The van der Waals surface area contributed by atoms with E-state index in [0.29, 0.717) is 12.2 Å². The van der Waals surface area contributed by atoms with Gasteiger partial charge in [-0.2, -0.15) is 16.5 Å². The van der Waals surface area contributed by atoms with Crippen LogP contribution < -0.4 is 10.0 Å². The Kier molecular flexibility index (Phi) is 7.29. The Morgan fingerprint density at radius 2 is 2.05 bits per heavy atom. The van der Waals surface area contributed by atoms with Crippen molar-refractivity contribution >= 4 is 50.9 Å². The number of likely N-dealkylation sites (N-methyl/N-ethyl adjacent to an activating group) is 1. The van der Waals surface area contributed by atoms with Gasteiger partial charge < -0.3 is 5.32 Å². The third kappa shape index (κ3) is 5.34. The zero-order valence-electron chi connectivity index (χ0n) is 11.5. The molecule has 0 aliphatic rings. The lowest BCUT2D eigenvalue weighted by molar-refractivity contribution is -0.122. The van der Waals surface area contributed by atoms with Crippen LogP contribution in [0.4, 0.5) is 0 Å². The van der Waals surface area contributed by atoms with Gasteiger partial charge in [-0.15, -0.1) is 0 Å². The molecule has 1 amide bonds. The van der Waals surface area contributed by atoms with Crippen molar-refractivity contribution in [1.82, 2.24) is 10.0 Å². The molecule has 1 rings (SSSR count). The molecule has 118 valence electrons. The fourth-order valence-corrected chi connectivity index (χ4v) is 4.05. The highest BCUT2D eigenvalue weighted by molar-refractivity contribution is 7.98. The SMILES string of the molecule is CNC(=O)C(CCSC)NS(=O)(=O)c1cc(Cl)ccc1Cl. The molecule has 0 saturated heterocycles. The maximum Gasteiger partial charge on any atom is 0.242 e. The Morgan fingerprint density at radius 3 is 2.62 bits per heavy atom. The molecule has 0 aliphatic carbocycles. The molecule has 0 fully saturated rings. The van der Waals surface area contributed by atoms with Crippen LogP contribution in [-0.2, 0) is 14.8 Å². The van der Waals surface area contributed by atoms with E-state index in [0.717, 1.165) is 0 Å². The zero-order valence-corrected chi connectivity index (χ0v) is 14.7. The number of amides is 1. The van der Waals surface area contributed by atoms with Gasteiger partial charge in [0.05, 0.1) is 5.02 Å². The van der Waals surface area contributed by atoms with Gasteiger partial charge in [0.25, 0.3) is 0 Å². The van der Waals surface area contributed by atoms with Gasteiger partial charge in [0.15, 0.2) is 0 Å². The summed E-state index contributed by atoms with van der Waals surface area (Å²) in [6.07, 6.45) is 2.25. The molecule has 5 nitrogen and oxygen atoms in total. The summed E-state index contributed by atoms with van der Waals surface area (Å²) < 4.78 is 27.1. The van der Waals surface area contributed by atoms with Crippen molar-refractivity contribution in [3.05, 3.63) is 28.2 Å². The van der Waals surface area contributed by atoms with Crippen LogP contribution in [0.25, 0.3) is 0 Å². The van der Waals surface area contributed by atoms with Crippen molar-refractivity contribution in [2.75, 3.05) is 19.1 Å². The van der Waals surface area contributed by atoms with Crippen LogP contribution >= 0.6 is 35.0 Å². The maximum atomic E-state index is 12.4. The van der Waals surface area contributed by atoms with Crippen LogP contribution in [0.2, 0.25) is 10.0 Å². The molecule has 0 heterocycles. The molecule has 1 unspecified atom stereocenters. The van der Waals surface area contributed by atoms with Crippen molar-refractivity contribution in [2.45, 2.75) is 17.4 Å². The van der Waals surface area contributed by atoms with Crippen molar-refractivity contribution in [2.24, 2.45) is 0 Å². The number of benzene rings is 1. The lowest BCUT2D eigenvalue weighted by atomic mass is 10.2. The number of hydrogen-bond acceptors (Lipinski definition) is 4. The zero-order chi connectivity index (χ0) is 16.0. The molecule has 1 aromatic carbocycles. The molecule has 0 aliphatic heterocycles. The van der Waals surface area contributed by atoms with Gasteiger partial charge in [0, 0.05) is 12.1 Å². The largest absolute Gasteiger partial charge is 0.358 e. The molecule has 2 N–H and O–H groups in total. The van der Waals surface area contributed by atoms with E-state index in [1.807, 2.05) is 6.26 Å². The Balaban J connectivity index is 3.05. The Bertz CT molecular complexity index is 609. The van der Waals surface area contributed by atoms with Gasteiger partial charge in [-0.05, 0) is 36.6 Å². The first-order chi connectivity index (χ1) is 9.81. The molecular formula is C12H16Cl2N2O3S2. The number of halogens is 2. The summed E-state index contributed by atoms with van der Waals surface area (Å²) in [5.41, 5.74) is 0. The monoisotopic (exact) mass is 370 g/mol. The lowest BCUT2D eigenvalue weighted by Crippen LogP contribution is -2.46. The minimum absolute atomic E-state index is 0.0485. The van der Waals surface area contributed by atoms with Crippen LogP contribution in [0.1, 0.15) is 6.42 Å². The standard InChI is InChI=1S/C12H16Cl2N2O3S2/c1-15-12(17)10(5-6-20-2)16-21(18,19)11-7-8(13)3-4-9(11)14/h3-4,7,10,16H,5-6H2,1-2H3,(H,15,17). The molecule has 0 radical (unpaired) electrons. The third-order valence-corrected chi connectivity index (χ3v) is 5.49. The van der Waals surface area contributed by atoms with E-state index >= 15 is 0 Å². The molecule has 9 heteroatoms. The second kappa shape index (κ2) is 8.24. The smallest absolute Gasteiger partial charge is 0.242 e. The number of carbonyl (C=O) groups is 1. The maximum absolute atomic E-state index is 12.4. The van der Waals surface area contributed by atoms with E-state index in [1.54, 1.807) is 0 Å². The van der Waals surface area contributed by atoms with Crippen molar-refractivity contribution in [3.63, 3.8) is 0 Å². The highest BCUT2D eigenvalue weighted by Crippen LogP contribution is 2.25. The number of nitrogens with one attached hydrogen (secondary N) is 2. The Hall–Kier alpha value is -0.470. The lowest BCUT2D eigenvalue weighted by Gasteiger charge is -2.17. The topological polar surface area (TPSA) is 75.3 Å². The van der Waals surface area contributed by atoms with Crippen LogP contribution in [-0.4, -0.2) is 39.4 Å². The minimum atomic E-state index is -3.93. The molecular weight excluding hydrogens is 355 g/mol. The molecule has 0 saturated carbocycles. The summed E-state index contributed by atoms with van der Waals surface area (Å²) in [6.45, 7) is 0. The quantitative estimate of drug-likeness (QED) is 0.770. The summed E-state index contributed by atoms with van der Waals surface area (Å²) in [4.78, 5) is 11.6. The Labute approximate surface area is 138 Å². The molecule has 21 heavy (non-hydrogen) atoms. The summed E-state index contributed by atoms with van der Waals surface area (Å²) in [5.74, 6) is 0.245. The van der Waals surface area contributed by atoms with E-state index in [-0.39, 0.29) is 14.9 Å².